The zero-order valence-corrected chi connectivity index (χ0v) is 6.50. The number of anilines is 1. The van der Waals surface area contributed by atoms with Crippen molar-refractivity contribution < 1.29 is 18.7 Å². The van der Waals surface area contributed by atoms with E-state index in [1.54, 1.807) is 0 Å². The molecule has 3 N–H and O–H groups in total. The van der Waals surface area contributed by atoms with Crippen LogP contribution in [0.2, 0.25) is 0 Å². The van der Waals surface area contributed by atoms with E-state index in [-0.39, 0.29) is 16.8 Å². The second kappa shape index (κ2) is 3.38. The molecule has 5 heteroatoms. The number of nitrogen functional groups attached to an aromatic ring is 1. The second-order valence-corrected chi connectivity index (χ2v) is 2.45. The zero-order valence-electron chi connectivity index (χ0n) is 6.50. The molecule has 0 heterocycles. The predicted octanol–water partition coefficient (Wildman–Crippen LogP) is 1.90. The molecule has 1 aromatic rings. The summed E-state index contributed by atoms with van der Waals surface area (Å²) in [6.45, 7) is 0. The van der Waals surface area contributed by atoms with Crippen LogP contribution in [-0.4, -0.2) is 11.1 Å². The molecule has 70 valence electrons. The lowest BCUT2D eigenvalue weighted by molar-refractivity contribution is 0.0697. The van der Waals surface area contributed by atoms with Crippen molar-refractivity contribution in [1.29, 1.82) is 0 Å². The van der Waals surface area contributed by atoms with Crippen LogP contribution in [0, 0.1) is 0 Å². The molecule has 0 spiro atoms. The van der Waals surface area contributed by atoms with E-state index in [1.807, 2.05) is 0 Å². The van der Waals surface area contributed by atoms with Gasteiger partial charge in [0.2, 0.25) is 0 Å². The topological polar surface area (TPSA) is 63.3 Å². The first-order valence-corrected chi connectivity index (χ1v) is 3.43. The second-order valence-electron chi connectivity index (χ2n) is 2.45. The van der Waals surface area contributed by atoms with Crippen LogP contribution in [0.4, 0.5) is 14.5 Å². The minimum absolute atomic E-state index is 0.0168. The first kappa shape index (κ1) is 9.44. The molecule has 3 nitrogen and oxygen atoms in total. The molecule has 0 aliphatic heterocycles. The van der Waals surface area contributed by atoms with Crippen LogP contribution in [0.15, 0.2) is 18.2 Å². The first-order chi connectivity index (χ1) is 6.02. The molecule has 0 radical (unpaired) electrons. The summed E-state index contributed by atoms with van der Waals surface area (Å²) in [5.41, 5.74) is 4.61. The van der Waals surface area contributed by atoms with E-state index in [4.69, 9.17) is 10.8 Å². The van der Waals surface area contributed by atoms with Crippen molar-refractivity contribution in [1.82, 2.24) is 0 Å². The fourth-order valence-electron chi connectivity index (χ4n) is 0.895. The van der Waals surface area contributed by atoms with Gasteiger partial charge in [0.15, 0.2) is 0 Å². The summed E-state index contributed by atoms with van der Waals surface area (Å²) < 4.78 is 24.2. The van der Waals surface area contributed by atoms with Crippen LogP contribution in [-0.2, 0) is 0 Å². The van der Waals surface area contributed by atoms with Crippen molar-refractivity contribution in [2.24, 2.45) is 0 Å². The third kappa shape index (κ3) is 1.93. The maximum Gasteiger partial charge on any atom is 0.337 e. The Hall–Kier alpha value is -1.65. The molecule has 0 aromatic heterocycles. The summed E-state index contributed by atoms with van der Waals surface area (Å²) in [6, 6.07) is 3.14. The van der Waals surface area contributed by atoms with Gasteiger partial charge < -0.3 is 10.8 Å². The normalized spacial score (nSPS) is 10.4. The minimum atomic E-state index is -2.68. The third-order valence-corrected chi connectivity index (χ3v) is 1.56. The van der Waals surface area contributed by atoms with Gasteiger partial charge >= 0.3 is 5.97 Å². The van der Waals surface area contributed by atoms with E-state index in [2.05, 4.69) is 0 Å². The number of halogens is 2. The molecule has 0 aliphatic carbocycles. The van der Waals surface area contributed by atoms with Gasteiger partial charge in [-0.3, -0.25) is 0 Å². The van der Waals surface area contributed by atoms with Crippen LogP contribution in [0.3, 0.4) is 0 Å². The molecule has 0 fully saturated rings. The van der Waals surface area contributed by atoms with Crippen molar-refractivity contribution in [3.05, 3.63) is 29.3 Å². The molecule has 0 saturated heterocycles. The van der Waals surface area contributed by atoms with E-state index < -0.39 is 12.4 Å². The molecule has 1 aromatic carbocycles. The summed E-state index contributed by atoms with van der Waals surface area (Å²) in [7, 11) is 0. The molecule has 1 rings (SSSR count). The van der Waals surface area contributed by atoms with Gasteiger partial charge in [-0.05, 0) is 12.1 Å². The molecule has 0 amide bonds. The number of carboxylic acids is 1. The number of carboxylic acid groups (broad SMARTS) is 1. The van der Waals surface area contributed by atoms with Gasteiger partial charge in [0, 0.05) is 11.3 Å². The van der Waals surface area contributed by atoms with Crippen molar-refractivity contribution in [2.45, 2.75) is 6.43 Å². The van der Waals surface area contributed by atoms with E-state index in [0.29, 0.717) is 0 Å². The van der Waals surface area contributed by atoms with Gasteiger partial charge in [0.25, 0.3) is 6.43 Å². The number of carbonyl (C=O) groups is 1. The molecule has 0 aliphatic rings. The molecule has 0 saturated carbocycles. The molecule has 0 bridgehead atoms. The van der Waals surface area contributed by atoms with Crippen LogP contribution in [0.1, 0.15) is 22.3 Å². The molecular weight excluding hydrogens is 180 g/mol. The Labute approximate surface area is 72.8 Å². The number of rotatable bonds is 2. The van der Waals surface area contributed by atoms with Crippen molar-refractivity contribution in [3.8, 4) is 0 Å². The number of hydrogen-bond acceptors (Lipinski definition) is 2. The number of aromatic carboxylic acids is 1. The Bertz CT molecular complexity index is 339. The zero-order chi connectivity index (χ0) is 10.0. The van der Waals surface area contributed by atoms with Gasteiger partial charge in [-0.2, -0.15) is 0 Å². The Balaban J connectivity index is 3.19. The van der Waals surface area contributed by atoms with Crippen LogP contribution < -0.4 is 5.73 Å². The average molecular weight is 187 g/mol. The highest BCUT2D eigenvalue weighted by Crippen LogP contribution is 2.22. The quantitative estimate of drug-likeness (QED) is 0.695. The Morgan fingerprint density at radius 1 is 1.46 bits per heavy atom. The fraction of sp³-hybridized carbons (Fsp3) is 0.125. The number of benzene rings is 1. The number of hydrogen-bond donors (Lipinski definition) is 2. The van der Waals surface area contributed by atoms with Crippen molar-refractivity contribution >= 4 is 11.7 Å². The predicted molar refractivity (Wildman–Crippen MR) is 42.8 cm³/mol. The van der Waals surface area contributed by atoms with Gasteiger partial charge in [-0.1, -0.05) is 6.07 Å². The minimum Gasteiger partial charge on any atom is -0.478 e. The highest BCUT2D eigenvalue weighted by atomic mass is 19.3. The fourth-order valence-corrected chi connectivity index (χ4v) is 0.895. The summed E-state index contributed by atoms with van der Waals surface area (Å²) >= 11 is 0. The summed E-state index contributed by atoms with van der Waals surface area (Å²) in [5, 5.41) is 8.55. The van der Waals surface area contributed by atoms with Crippen molar-refractivity contribution in [2.75, 3.05) is 5.73 Å². The van der Waals surface area contributed by atoms with Gasteiger partial charge in [-0.15, -0.1) is 0 Å². The van der Waals surface area contributed by atoms with Gasteiger partial charge in [-0.25, -0.2) is 13.6 Å². The Morgan fingerprint density at radius 2 is 2.08 bits per heavy atom. The lowest BCUT2D eigenvalue weighted by atomic mass is 10.1. The van der Waals surface area contributed by atoms with Crippen LogP contribution in [0.25, 0.3) is 0 Å². The van der Waals surface area contributed by atoms with Crippen LogP contribution in [0.5, 0.6) is 0 Å². The molecule has 0 unspecified atom stereocenters. The Morgan fingerprint density at radius 3 is 2.54 bits per heavy atom. The largest absolute Gasteiger partial charge is 0.478 e. The maximum atomic E-state index is 12.1. The molecule has 13 heavy (non-hydrogen) atoms. The summed E-state index contributed by atoms with van der Waals surface area (Å²) in [6.07, 6.45) is -2.68. The third-order valence-electron chi connectivity index (χ3n) is 1.56. The van der Waals surface area contributed by atoms with E-state index in [1.165, 1.54) is 0 Å². The van der Waals surface area contributed by atoms with Crippen molar-refractivity contribution in [3.63, 3.8) is 0 Å². The number of nitrogens with two attached hydrogens (primary N) is 1. The maximum absolute atomic E-state index is 12.1. The highest BCUT2D eigenvalue weighted by Gasteiger charge is 2.13. The monoisotopic (exact) mass is 187 g/mol. The highest BCUT2D eigenvalue weighted by molar-refractivity contribution is 5.93. The smallest absolute Gasteiger partial charge is 0.337 e. The summed E-state index contributed by atoms with van der Waals surface area (Å²) in [4.78, 5) is 10.5. The number of alkyl halides is 2. The van der Waals surface area contributed by atoms with E-state index >= 15 is 0 Å². The SMILES string of the molecule is Nc1ccc(C(F)F)cc1C(=O)O. The lowest BCUT2D eigenvalue weighted by Gasteiger charge is -2.03. The standard InChI is InChI=1S/C8H7F2NO2/c9-7(10)4-1-2-6(11)5(3-4)8(12)13/h1-3,7H,11H2,(H,12,13). The Kier molecular flexibility index (Phi) is 2.46. The molecule has 0 atom stereocenters. The molecular formula is C8H7F2NO2. The summed E-state index contributed by atoms with van der Waals surface area (Å²) in [5.74, 6) is -1.31. The van der Waals surface area contributed by atoms with Gasteiger partial charge in [0.1, 0.15) is 0 Å². The van der Waals surface area contributed by atoms with E-state index in [9.17, 15) is 13.6 Å². The average Bonchev–Trinajstić information content (AvgIpc) is 2.04. The van der Waals surface area contributed by atoms with E-state index in [0.717, 1.165) is 18.2 Å². The van der Waals surface area contributed by atoms with Crippen LogP contribution >= 0.6 is 0 Å². The lowest BCUT2D eigenvalue weighted by Crippen LogP contribution is -2.03. The van der Waals surface area contributed by atoms with Gasteiger partial charge in [0.05, 0.1) is 5.56 Å². The first-order valence-electron chi connectivity index (χ1n) is 3.43.